The summed E-state index contributed by atoms with van der Waals surface area (Å²) in [5.74, 6) is 0.217. The van der Waals surface area contributed by atoms with Crippen molar-refractivity contribution in [3.8, 4) is 0 Å². The van der Waals surface area contributed by atoms with Crippen molar-refractivity contribution >= 4 is 19.9 Å². The van der Waals surface area contributed by atoms with Crippen molar-refractivity contribution in [2.45, 2.75) is 110 Å². The van der Waals surface area contributed by atoms with Crippen LogP contribution in [-0.2, 0) is 18.8 Å². The second kappa shape index (κ2) is 6.27. The normalized spacial score (nSPS) is 51.1. The van der Waals surface area contributed by atoms with Crippen molar-refractivity contribution in [3.05, 3.63) is 0 Å². The molecule has 3 aliphatic carbocycles. The number of aliphatic hydroxyl groups is 1. The topological polar surface area (TPSA) is 76.1 Å². The third kappa shape index (κ3) is 2.69. The Balaban J connectivity index is 1.83. The third-order valence-electron chi connectivity index (χ3n) is 10.1. The fourth-order valence-corrected chi connectivity index (χ4v) is 8.41. The van der Waals surface area contributed by atoms with Gasteiger partial charge >= 0.3 is 0 Å². The summed E-state index contributed by atoms with van der Waals surface area (Å²) in [6.07, 6.45) is 0.496. The number of ketones is 2. The van der Waals surface area contributed by atoms with Gasteiger partial charge in [-0.25, -0.2) is 0 Å². The first kappa shape index (κ1) is 22.6. The van der Waals surface area contributed by atoms with E-state index in [9.17, 15) is 14.7 Å². The predicted molar refractivity (Wildman–Crippen MR) is 118 cm³/mol. The Hall–Kier alpha value is -0.563. The van der Waals surface area contributed by atoms with E-state index in [0.29, 0.717) is 19.3 Å². The van der Waals surface area contributed by atoms with Gasteiger partial charge in [-0.2, -0.15) is 0 Å². The van der Waals surface area contributed by atoms with E-state index in [1.54, 1.807) is 0 Å². The molecule has 1 aliphatic heterocycles. The van der Waals surface area contributed by atoms with Crippen LogP contribution in [0.1, 0.15) is 67.7 Å². The van der Waals surface area contributed by atoms with Crippen LogP contribution in [0.3, 0.4) is 0 Å². The van der Waals surface area contributed by atoms with Gasteiger partial charge in [-0.1, -0.05) is 34.6 Å². The zero-order chi connectivity index (χ0) is 22.7. The fraction of sp³-hybridized carbons (Fsp3) is 0.917. The summed E-state index contributed by atoms with van der Waals surface area (Å²) < 4.78 is 12.9. The van der Waals surface area contributed by atoms with E-state index in [4.69, 9.17) is 9.16 Å². The minimum absolute atomic E-state index is 0.0352. The molecule has 0 aromatic heterocycles. The van der Waals surface area contributed by atoms with Gasteiger partial charge in [0.2, 0.25) is 0 Å². The maximum atomic E-state index is 13.9. The average molecular weight is 437 g/mol. The quantitative estimate of drug-likeness (QED) is 0.520. The Bertz CT molecular complexity index is 787. The summed E-state index contributed by atoms with van der Waals surface area (Å²) >= 11 is 0. The first-order chi connectivity index (χ1) is 13.5. The monoisotopic (exact) mass is 436 g/mol. The van der Waals surface area contributed by atoms with E-state index in [1.807, 2.05) is 13.8 Å². The maximum absolute atomic E-state index is 13.9. The van der Waals surface area contributed by atoms with Gasteiger partial charge in [-0.3, -0.25) is 9.59 Å². The smallest absolute Gasteiger partial charge is 0.192 e. The van der Waals surface area contributed by atoms with Gasteiger partial charge in [0.05, 0.1) is 17.6 Å². The van der Waals surface area contributed by atoms with Gasteiger partial charge in [-0.15, -0.1) is 0 Å². The number of carbonyl (C=O) groups excluding carboxylic acids is 2. The van der Waals surface area contributed by atoms with Gasteiger partial charge in [0.1, 0.15) is 6.10 Å². The highest BCUT2D eigenvalue weighted by atomic mass is 28.4. The molecule has 3 saturated carbocycles. The highest BCUT2D eigenvalue weighted by Gasteiger charge is 2.77. The summed E-state index contributed by atoms with van der Waals surface area (Å²) in [5.41, 5.74) is -2.13. The first-order valence-corrected chi connectivity index (χ1v) is 14.5. The largest absolute Gasteiger partial charge is 0.413 e. The standard InChI is InChI=1S/C24H40O5Si/c1-13-10-15(25)19(26)22(5)14(13)11-17(29-30(8,9)21(2,3)4)23(6)16(22)12-18-24(7,28-18)20(23)27/h13-14,16-19,26H,10-12H2,1-9H3/t13-,14+,16-,17-,18+,19+,22+,23+,24+/m1/s1. The number of carbonyl (C=O) groups is 2. The number of ether oxygens (including phenoxy) is 1. The molecule has 0 unspecified atom stereocenters. The van der Waals surface area contributed by atoms with E-state index >= 15 is 0 Å². The molecule has 1 saturated heterocycles. The van der Waals surface area contributed by atoms with E-state index in [2.05, 4.69) is 47.7 Å². The van der Waals surface area contributed by atoms with Crippen molar-refractivity contribution in [2.75, 3.05) is 0 Å². The van der Waals surface area contributed by atoms with Crippen LogP contribution in [0, 0.1) is 28.6 Å². The molecule has 0 aromatic rings. The summed E-state index contributed by atoms with van der Waals surface area (Å²) in [5, 5.41) is 11.2. The summed E-state index contributed by atoms with van der Waals surface area (Å²) in [7, 11) is -2.13. The van der Waals surface area contributed by atoms with E-state index < -0.39 is 30.9 Å². The lowest BCUT2D eigenvalue weighted by molar-refractivity contribution is -0.208. The van der Waals surface area contributed by atoms with E-state index in [-0.39, 0.29) is 46.6 Å². The van der Waals surface area contributed by atoms with Gasteiger partial charge < -0.3 is 14.3 Å². The second-order valence-corrected chi connectivity index (χ2v) is 17.5. The van der Waals surface area contributed by atoms with E-state index in [1.165, 1.54) is 0 Å². The van der Waals surface area contributed by atoms with Crippen LogP contribution in [0.15, 0.2) is 0 Å². The second-order valence-electron chi connectivity index (χ2n) is 12.7. The molecule has 0 amide bonds. The molecular formula is C24H40O5Si. The SMILES string of the molecule is C[C@@H]1CC(=O)[C@H](O)[C@@]2(C)[C@H]1C[C@@H](O[Si](C)(C)C(C)(C)C)[C@@]1(C)C(=O)[C@@]3(C)O[C@H]3C[C@@H]12. The molecule has 5 nitrogen and oxygen atoms in total. The van der Waals surface area contributed by atoms with Crippen LogP contribution in [-0.4, -0.2) is 48.9 Å². The molecule has 9 atom stereocenters. The fourth-order valence-electron chi connectivity index (χ4n) is 7.00. The van der Waals surface area contributed by atoms with Crippen molar-refractivity contribution in [3.63, 3.8) is 0 Å². The Morgan fingerprint density at radius 1 is 1.13 bits per heavy atom. The van der Waals surface area contributed by atoms with Crippen LogP contribution >= 0.6 is 0 Å². The molecule has 6 heteroatoms. The Labute approximate surface area is 182 Å². The number of epoxide rings is 1. The molecule has 30 heavy (non-hydrogen) atoms. The summed E-state index contributed by atoms with van der Waals surface area (Å²) in [4.78, 5) is 26.7. The van der Waals surface area contributed by atoms with Crippen molar-refractivity contribution in [2.24, 2.45) is 28.6 Å². The van der Waals surface area contributed by atoms with Gasteiger partial charge in [0.15, 0.2) is 25.5 Å². The molecule has 0 aromatic carbocycles. The highest BCUT2D eigenvalue weighted by Crippen LogP contribution is 2.68. The molecular weight excluding hydrogens is 396 g/mol. The van der Waals surface area contributed by atoms with Crippen LogP contribution in [0.4, 0.5) is 0 Å². The first-order valence-electron chi connectivity index (χ1n) is 11.6. The summed E-state index contributed by atoms with van der Waals surface area (Å²) in [6.45, 7) is 19.3. The van der Waals surface area contributed by atoms with Crippen molar-refractivity contribution < 1.29 is 23.9 Å². The zero-order valence-electron chi connectivity index (χ0n) is 20.2. The molecule has 4 aliphatic rings. The van der Waals surface area contributed by atoms with Crippen LogP contribution in [0.25, 0.3) is 0 Å². The third-order valence-corrected chi connectivity index (χ3v) is 14.6. The van der Waals surface area contributed by atoms with E-state index in [0.717, 1.165) is 0 Å². The van der Waals surface area contributed by atoms with Crippen LogP contribution < -0.4 is 0 Å². The lowest BCUT2D eigenvalue weighted by Gasteiger charge is -2.64. The maximum Gasteiger partial charge on any atom is 0.192 e. The molecule has 0 spiro atoms. The molecule has 4 rings (SSSR count). The number of rotatable bonds is 2. The van der Waals surface area contributed by atoms with Gasteiger partial charge in [-0.05, 0) is 62.6 Å². The molecule has 170 valence electrons. The Morgan fingerprint density at radius 2 is 1.73 bits per heavy atom. The Kier molecular flexibility index (Phi) is 4.73. The van der Waals surface area contributed by atoms with Gasteiger partial charge in [0, 0.05) is 11.8 Å². The minimum atomic E-state index is -2.13. The Morgan fingerprint density at radius 3 is 2.30 bits per heavy atom. The predicted octanol–water partition coefficient (Wildman–Crippen LogP) is 4.13. The highest BCUT2D eigenvalue weighted by molar-refractivity contribution is 6.74. The molecule has 0 radical (unpaired) electrons. The number of aliphatic hydroxyl groups excluding tert-OH is 1. The zero-order valence-corrected chi connectivity index (χ0v) is 21.2. The lowest BCUT2D eigenvalue weighted by atomic mass is 9.41. The van der Waals surface area contributed by atoms with Crippen LogP contribution in [0.2, 0.25) is 18.1 Å². The molecule has 0 bridgehead atoms. The molecule has 4 fully saturated rings. The number of hydrogen-bond donors (Lipinski definition) is 1. The number of fused-ring (bicyclic) bond motifs is 4. The summed E-state index contributed by atoms with van der Waals surface area (Å²) in [6, 6.07) is 0. The number of hydrogen-bond acceptors (Lipinski definition) is 5. The lowest BCUT2D eigenvalue weighted by Crippen LogP contribution is -2.70. The van der Waals surface area contributed by atoms with Crippen LogP contribution in [0.5, 0.6) is 0 Å². The number of Topliss-reactive ketones (excluding diaryl/α,β-unsaturated/α-hetero) is 2. The molecule has 1 N–H and O–H groups in total. The average Bonchev–Trinajstić information content (AvgIpc) is 3.28. The van der Waals surface area contributed by atoms with Crippen molar-refractivity contribution in [1.29, 1.82) is 0 Å². The minimum Gasteiger partial charge on any atom is -0.413 e. The van der Waals surface area contributed by atoms with Gasteiger partial charge in [0.25, 0.3) is 0 Å². The molecule has 1 heterocycles. The van der Waals surface area contributed by atoms with Crippen molar-refractivity contribution in [1.82, 2.24) is 0 Å².